The van der Waals surface area contributed by atoms with E-state index < -0.39 is 5.67 Å². The highest BCUT2D eigenvalue weighted by atomic mass is 19.1. The maximum Gasteiger partial charge on any atom is 0.139 e. The Morgan fingerprint density at radius 1 is 1.23 bits per heavy atom. The molecular formula is C25H33FN4. The molecule has 1 aliphatic carbocycles. The highest BCUT2D eigenvalue weighted by Crippen LogP contribution is 2.40. The minimum Gasteiger partial charge on any atom is -0.374 e. The maximum absolute atomic E-state index is 14.5. The van der Waals surface area contributed by atoms with Crippen molar-refractivity contribution in [3.05, 3.63) is 63.9 Å². The molecule has 0 saturated heterocycles. The lowest BCUT2D eigenvalue weighted by Crippen LogP contribution is -2.37. The molecule has 0 spiro atoms. The van der Waals surface area contributed by atoms with E-state index in [0.29, 0.717) is 17.9 Å². The molecule has 1 aromatic carbocycles. The Kier molecular flexibility index (Phi) is 6.02. The second kappa shape index (κ2) is 8.21. The molecule has 1 N–H and O–H groups in total. The largest absolute Gasteiger partial charge is 0.374 e. The van der Waals surface area contributed by atoms with Gasteiger partial charge in [0, 0.05) is 25.3 Å². The summed E-state index contributed by atoms with van der Waals surface area (Å²) >= 11 is 0. The van der Waals surface area contributed by atoms with Gasteiger partial charge in [0.05, 0.1) is 10.6 Å². The highest BCUT2D eigenvalue weighted by molar-refractivity contribution is 5.47. The summed E-state index contributed by atoms with van der Waals surface area (Å²) in [7, 11) is 2.10. The number of alkyl halides is 1. The van der Waals surface area contributed by atoms with E-state index in [1.54, 1.807) is 19.9 Å². The Bertz CT molecular complexity index is 1060. The second-order valence-corrected chi connectivity index (χ2v) is 9.09. The molecule has 1 heterocycles. The molecule has 0 radical (unpaired) electrons. The summed E-state index contributed by atoms with van der Waals surface area (Å²) in [6.07, 6.45) is 8.14. The smallest absolute Gasteiger partial charge is 0.139 e. The molecule has 4 nitrogen and oxygen atoms in total. The van der Waals surface area contributed by atoms with Crippen molar-refractivity contribution in [3.63, 3.8) is 0 Å². The van der Waals surface area contributed by atoms with Crippen LogP contribution in [0.1, 0.15) is 56.1 Å². The number of aryl methyl sites for hydroxylation is 2. The molecule has 160 valence electrons. The molecule has 2 aromatic rings. The third kappa shape index (κ3) is 5.07. The van der Waals surface area contributed by atoms with Crippen molar-refractivity contribution in [1.29, 1.82) is 0 Å². The van der Waals surface area contributed by atoms with Crippen molar-refractivity contribution in [2.45, 2.75) is 65.2 Å². The molecule has 0 aliphatic heterocycles. The van der Waals surface area contributed by atoms with Crippen LogP contribution in [0.2, 0.25) is 0 Å². The van der Waals surface area contributed by atoms with Gasteiger partial charge in [0.1, 0.15) is 17.3 Å². The summed E-state index contributed by atoms with van der Waals surface area (Å²) in [4.78, 5) is 11.5. The van der Waals surface area contributed by atoms with E-state index in [0.717, 1.165) is 27.5 Å². The molecule has 0 unspecified atom stereocenters. The number of benzene rings is 1. The average Bonchev–Trinajstić information content (AvgIpc) is 3.40. The molecule has 0 atom stereocenters. The fourth-order valence-corrected chi connectivity index (χ4v) is 3.48. The number of allylic oxidation sites excluding steroid dienone is 1. The summed E-state index contributed by atoms with van der Waals surface area (Å²) in [6.45, 7) is 13.7. The summed E-state index contributed by atoms with van der Waals surface area (Å²) < 4.78 is 14.5. The maximum atomic E-state index is 14.5. The first kappa shape index (κ1) is 22.0. The Morgan fingerprint density at radius 3 is 2.53 bits per heavy atom. The number of aromatic nitrogens is 2. The van der Waals surface area contributed by atoms with Gasteiger partial charge in [-0.15, -0.1) is 0 Å². The van der Waals surface area contributed by atoms with Gasteiger partial charge in [0.15, 0.2) is 0 Å². The number of rotatable bonds is 7. The predicted octanol–water partition coefficient (Wildman–Crippen LogP) is 4.10. The Labute approximate surface area is 179 Å². The van der Waals surface area contributed by atoms with Gasteiger partial charge in [-0.3, -0.25) is 0 Å². The summed E-state index contributed by atoms with van der Waals surface area (Å²) in [5, 5.41) is 5.24. The number of hydrogen-bond acceptors (Lipinski definition) is 4. The second-order valence-electron chi connectivity index (χ2n) is 9.09. The number of anilines is 1. The van der Waals surface area contributed by atoms with Gasteiger partial charge >= 0.3 is 0 Å². The molecule has 30 heavy (non-hydrogen) atoms. The SMILES string of the molecule is C=C/C=c1/nc(C)nc(NCc2cc(C)cc(C(C)(C)F)c2)/c1=C/N(C)C1(C)CC1. The van der Waals surface area contributed by atoms with Crippen molar-refractivity contribution < 1.29 is 4.39 Å². The molecule has 1 saturated carbocycles. The van der Waals surface area contributed by atoms with Crippen molar-refractivity contribution in [3.8, 4) is 0 Å². The first-order chi connectivity index (χ1) is 14.0. The van der Waals surface area contributed by atoms with Crippen LogP contribution in [-0.2, 0) is 12.2 Å². The van der Waals surface area contributed by atoms with Crippen molar-refractivity contribution in [1.82, 2.24) is 14.9 Å². The first-order valence-corrected chi connectivity index (χ1v) is 10.5. The van der Waals surface area contributed by atoms with E-state index in [-0.39, 0.29) is 5.54 Å². The third-order valence-corrected chi connectivity index (χ3v) is 5.79. The van der Waals surface area contributed by atoms with Gasteiger partial charge in [0.2, 0.25) is 0 Å². The van der Waals surface area contributed by atoms with Crippen LogP contribution >= 0.6 is 0 Å². The molecule has 5 heteroatoms. The molecule has 0 amide bonds. The van der Waals surface area contributed by atoms with Crippen LogP contribution in [0.25, 0.3) is 12.3 Å². The number of halogens is 1. The Balaban J connectivity index is 2.00. The lowest BCUT2D eigenvalue weighted by atomic mass is 9.96. The van der Waals surface area contributed by atoms with Gasteiger partial charge in [0.25, 0.3) is 0 Å². The zero-order valence-corrected chi connectivity index (χ0v) is 19.0. The monoisotopic (exact) mass is 408 g/mol. The lowest BCUT2D eigenvalue weighted by Gasteiger charge is -2.22. The van der Waals surface area contributed by atoms with Crippen LogP contribution in [0.5, 0.6) is 0 Å². The molecule has 1 fully saturated rings. The van der Waals surface area contributed by atoms with Crippen LogP contribution in [0.15, 0.2) is 30.9 Å². The van der Waals surface area contributed by atoms with E-state index in [1.165, 1.54) is 12.8 Å². The number of nitrogens with zero attached hydrogens (tertiary/aromatic N) is 3. The van der Waals surface area contributed by atoms with Gasteiger partial charge in [-0.25, -0.2) is 14.4 Å². The number of hydrogen-bond donors (Lipinski definition) is 1. The van der Waals surface area contributed by atoms with E-state index in [9.17, 15) is 4.39 Å². The van der Waals surface area contributed by atoms with E-state index in [1.807, 2.05) is 32.1 Å². The summed E-state index contributed by atoms with van der Waals surface area (Å²) in [6, 6.07) is 5.90. The Morgan fingerprint density at radius 2 is 1.93 bits per heavy atom. The van der Waals surface area contributed by atoms with E-state index in [2.05, 4.69) is 53.0 Å². The van der Waals surface area contributed by atoms with E-state index >= 15 is 0 Å². The highest BCUT2D eigenvalue weighted by Gasteiger charge is 2.40. The topological polar surface area (TPSA) is 41.1 Å². The minimum absolute atomic E-state index is 0.200. The van der Waals surface area contributed by atoms with Gasteiger partial charge in [-0.1, -0.05) is 36.4 Å². The van der Waals surface area contributed by atoms with Gasteiger partial charge in [-0.2, -0.15) is 0 Å². The predicted molar refractivity (Wildman–Crippen MR) is 123 cm³/mol. The minimum atomic E-state index is -1.38. The zero-order chi connectivity index (χ0) is 22.1. The quantitative estimate of drug-likeness (QED) is 0.749. The molecular weight excluding hydrogens is 375 g/mol. The standard InChI is InChI=1S/C25H33FN4/c1-8-9-22-21(16-30(7)25(6)10-11-25)23(29-18(3)28-22)27-15-19-12-17(2)13-20(14-19)24(4,5)26/h8-9,12-14,16H,1,10-11,15H2,2-7H3,(H,27,28,29)/b21-16+,22-9+. The van der Waals surface area contributed by atoms with Gasteiger partial charge < -0.3 is 10.2 Å². The average molecular weight is 409 g/mol. The van der Waals surface area contributed by atoms with E-state index in [4.69, 9.17) is 0 Å². The normalized spacial score (nSPS) is 16.5. The molecule has 0 bridgehead atoms. The molecule has 1 aliphatic rings. The first-order valence-electron chi connectivity index (χ1n) is 10.5. The summed E-state index contributed by atoms with van der Waals surface area (Å²) in [5.41, 5.74) is 1.58. The molecule has 1 aromatic heterocycles. The molecule has 3 rings (SSSR count). The zero-order valence-electron chi connectivity index (χ0n) is 19.0. The third-order valence-electron chi connectivity index (χ3n) is 5.79. The lowest BCUT2D eigenvalue weighted by molar-refractivity contribution is 0.221. The fraction of sp³-hybridized carbons (Fsp3) is 0.440. The van der Waals surface area contributed by atoms with Crippen LogP contribution in [0.4, 0.5) is 10.2 Å². The van der Waals surface area contributed by atoms with Crippen molar-refractivity contribution in [2.75, 3.05) is 12.4 Å². The van der Waals surface area contributed by atoms with Crippen molar-refractivity contribution in [2.24, 2.45) is 0 Å². The van der Waals surface area contributed by atoms with Crippen LogP contribution in [-0.4, -0.2) is 27.5 Å². The van der Waals surface area contributed by atoms with Crippen LogP contribution < -0.4 is 15.9 Å². The van der Waals surface area contributed by atoms with Crippen LogP contribution in [0, 0.1) is 13.8 Å². The summed E-state index contributed by atoms with van der Waals surface area (Å²) in [5.74, 6) is 1.46. The fourth-order valence-electron chi connectivity index (χ4n) is 3.48. The van der Waals surface area contributed by atoms with Gasteiger partial charge in [-0.05, 0) is 64.7 Å². The van der Waals surface area contributed by atoms with Crippen LogP contribution in [0.3, 0.4) is 0 Å². The van der Waals surface area contributed by atoms with Crippen molar-refractivity contribution >= 4 is 18.1 Å². The Hall–Kier alpha value is -2.69. The number of nitrogens with one attached hydrogen (secondary N) is 1.